The first-order valence-electron chi connectivity index (χ1n) is 25.9. The molecule has 0 bridgehead atoms. The lowest BCUT2D eigenvalue weighted by atomic mass is 10.0. The van der Waals surface area contributed by atoms with Gasteiger partial charge in [0.1, 0.15) is 59.2 Å². The standard InChI is InChI=1S/2C31H21F5N4O4/c2*1-43-8-7-40-25-11-18(31(41)42)10-23(34)30(25)39-26(40)13-19-22(33)12-20(29(36)28(19)35)24-3-2-4-27(38-24)44-15-17-6-5-16(14-37)9-21(17)32/h2*2-6,9-12H,7-8,13,15H2,1H3,(H,41,42). The van der Waals surface area contributed by atoms with Crippen molar-refractivity contribution < 1.29 is 82.7 Å². The van der Waals surface area contributed by atoms with Crippen molar-refractivity contribution in [3.8, 4) is 46.4 Å². The van der Waals surface area contributed by atoms with Crippen LogP contribution < -0.4 is 9.47 Å². The van der Waals surface area contributed by atoms with E-state index in [2.05, 4.69) is 19.9 Å². The highest BCUT2D eigenvalue weighted by Crippen LogP contribution is 2.34. The van der Waals surface area contributed by atoms with Crippen molar-refractivity contribution >= 4 is 34.0 Å². The van der Waals surface area contributed by atoms with Crippen molar-refractivity contribution in [2.24, 2.45) is 0 Å². The van der Waals surface area contributed by atoms with Crippen LogP contribution in [0.2, 0.25) is 0 Å². The van der Waals surface area contributed by atoms with Gasteiger partial charge in [0.2, 0.25) is 11.8 Å². The van der Waals surface area contributed by atoms with Gasteiger partial charge in [-0.15, -0.1) is 0 Å². The number of carbonyl (C=O) groups is 2. The Kier molecular flexibility index (Phi) is 18.8. The number of methoxy groups -OCH3 is 2. The predicted molar refractivity (Wildman–Crippen MR) is 293 cm³/mol. The molecule has 0 amide bonds. The molecule has 2 N–H and O–H groups in total. The van der Waals surface area contributed by atoms with E-state index in [-0.39, 0.29) is 130 Å². The number of halogens is 10. The van der Waals surface area contributed by atoms with Crippen LogP contribution in [0.25, 0.3) is 44.6 Å². The maximum absolute atomic E-state index is 15.4. The maximum atomic E-state index is 15.4. The van der Waals surface area contributed by atoms with E-state index in [0.717, 1.165) is 36.4 Å². The van der Waals surface area contributed by atoms with Gasteiger partial charge in [-0.2, -0.15) is 10.5 Å². The second kappa shape index (κ2) is 26.7. The number of carboxylic acids is 2. The van der Waals surface area contributed by atoms with Gasteiger partial charge in [-0.3, -0.25) is 0 Å². The molecule has 4 aromatic heterocycles. The summed E-state index contributed by atoms with van der Waals surface area (Å²) in [5.74, 6) is -14.4. The van der Waals surface area contributed by atoms with Crippen LogP contribution in [-0.4, -0.2) is 78.7 Å². The molecule has 0 saturated carbocycles. The number of pyridine rings is 2. The van der Waals surface area contributed by atoms with Crippen molar-refractivity contribution in [2.45, 2.75) is 39.1 Å². The van der Waals surface area contributed by atoms with Gasteiger partial charge in [0, 0.05) is 85.7 Å². The summed E-state index contributed by atoms with van der Waals surface area (Å²) in [5, 5.41) is 36.4. The number of hydrogen-bond acceptors (Lipinski definition) is 12. The quantitative estimate of drug-likeness (QED) is 0.0536. The number of benzene rings is 6. The average Bonchev–Trinajstić information content (AvgIpc) is 2.42. The average molecular weight is 1220 g/mol. The highest BCUT2D eigenvalue weighted by atomic mass is 19.2. The summed E-state index contributed by atoms with van der Waals surface area (Å²) >= 11 is 0. The Morgan fingerprint density at radius 3 is 1.24 bits per heavy atom. The largest absolute Gasteiger partial charge is 0.478 e. The van der Waals surface area contributed by atoms with Gasteiger partial charge in [0.05, 0.1) is 70.0 Å². The molecule has 10 aromatic rings. The van der Waals surface area contributed by atoms with Crippen LogP contribution in [0.3, 0.4) is 0 Å². The molecule has 0 aliphatic carbocycles. The van der Waals surface area contributed by atoms with Crippen molar-refractivity contribution in [3.63, 3.8) is 0 Å². The number of aromatic nitrogens is 6. The SMILES string of the molecule is COCCn1c(Cc2c(F)cc(-c3cccc(OCc4ccc(C#N)cc4F)n3)c(F)c2F)nc2c(F)cc(C(=O)O)cc21.COCCn1c(Cc2c(F)cc(-c3cccc(OCc4ccc(C#N)cc4F)n3)c(F)c2F)nc2c(F)cc(C(=O)O)cc21. The highest BCUT2D eigenvalue weighted by Gasteiger charge is 2.27. The third-order valence-electron chi connectivity index (χ3n) is 13.6. The fraction of sp³-hybridized carbons (Fsp3) is 0.161. The summed E-state index contributed by atoms with van der Waals surface area (Å²) in [6.45, 7) is -0.321. The number of aromatic carboxylic acids is 2. The Bertz CT molecular complexity index is 4190. The van der Waals surface area contributed by atoms with Crippen LogP contribution in [-0.2, 0) is 48.6 Å². The van der Waals surface area contributed by atoms with Gasteiger partial charge < -0.3 is 38.3 Å². The molecule has 0 saturated heterocycles. The molecular weight excluding hydrogens is 1170 g/mol. The van der Waals surface area contributed by atoms with Crippen molar-refractivity contribution in [3.05, 3.63) is 224 Å². The van der Waals surface area contributed by atoms with E-state index < -0.39 is 105 Å². The van der Waals surface area contributed by atoms with Gasteiger partial charge in [-0.25, -0.2) is 73.4 Å². The van der Waals surface area contributed by atoms with E-state index in [4.69, 9.17) is 29.5 Å². The first-order chi connectivity index (χ1) is 42.2. The lowest BCUT2D eigenvalue weighted by Gasteiger charge is -2.13. The molecule has 0 aliphatic rings. The zero-order valence-corrected chi connectivity index (χ0v) is 45.8. The molecule has 0 radical (unpaired) electrons. The Morgan fingerprint density at radius 1 is 0.489 bits per heavy atom. The number of nitrogens with zero attached hydrogens (tertiary/aromatic N) is 8. The van der Waals surface area contributed by atoms with E-state index in [0.29, 0.717) is 0 Å². The Balaban J connectivity index is 0.000000209. The Hall–Kier alpha value is -10.7. The number of ether oxygens (including phenoxy) is 4. The normalized spacial score (nSPS) is 11.1. The first-order valence-corrected chi connectivity index (χ1v) is 25.9. The van der Waals surface area contributed by atoms with Crippen molar-refractivity contribution in [2.75, 3.05) is 27.4 Å². The highest BCUT2D eigenvalue weighted by molar-refractivity contribution is 5.93. The second-order valence-corrected chi connectivity index (χ2v) is 19.1. The van der Waals surface area contributed by atoms with Crippen LogP contribution in [0.15, 0.2) is 109 Å². The molecule has 10 rings (SSSR count). The molecule has 0 fully saturated rings. The predicted octanol–water partition coefficient (Wildman–Crippen LogP) is 12.4. The van der Waals surface area contributed by atoms with Gasteiger partial charge in [0.15, 0.2) is 34.9 Å². The minimum atomic E-state index is -1.52. The second-order valence-electron chi connectivity index (χ2n) is 19.1. The van der Waals surface area contributed by atoms with Crippen LogP contribution in [0, 0.1) is 80.8 Å². The molecule has 0 atom stereocenters. The molecule has 0 unspecified atom stereocenters. The van der Waals surface area contributed by atoms with E-state index >= 15 is 26.3 Å². The van der Waals surface area contributed by atoms with E-state index in [1.165, 1.54) is 96.2 Å². The zero-order chi connectivity index (χ0) is 63.1. The topological polar surface area (TPSA) is 221 Å². The molecule has 26 heteroatoms. The van der Waals surface area contributed by atoms with Crippen LogP contribution >= 0.6 is 0 Å². The van der Waals surface area contributed by atoms with Gasteiger partial charge >= 0.3 is 11.9 Å². The number of hydrogen-bond donors (Lipinski definition) is 2. The third-order valence-corrected chi connectivity index (χ3v) is 13.6. The van der Waals surface area contributed by atoms with E-state index in [1.54, 1.807) is 0 Å². The number of rotatable bonds is 20. The molecule has 0 spiro atoms. The number of imidazole rings is 2. The summed E-state index contributed by atoms with van der Waals surface area (Å²) in [4.78, 5) is 39.4. The molecule has 88 heavy (non-hydrogen) atoms. The number of fused-ring (bicyclic) bond motifs is 2. The number of nitriles is 2. The van der Waals surface area contributed by atoms with E-state index in [1.807, 2.05) is 12.1 Å². The lowest BCUT2D eigenvalue weighted by Crippen LogP contribution is -2.11. The van der Waals surface area contributed by atoms with Gasteiger partial charge in [-0.1, -0.05) is 24.3 Å². The van der Waals surface area contributed by atoms with E-state index in [9.17, 15) is 37.4 Å². The first kappa shape index (κ1) is 61.8. The number of carboxylic acid groups (broad SMARTS) is 2. The van der Waals surface area contributed by atoms with Gasteiger partial charge in [0.25, 0.3) is 0 Å². The summed E-state index contributed by atoms with van der Waals surface area (Å²) < 4.78 is 174. The molecule has 448 valence electrons. The molecule has 6 aromatic carbocycles. The summed E-state index contributed by atoms with van der Waals surface area (Å²) in [6, 6.07) is 24.9. The summed E-state index contributed by atoms with van der Waals surface area (Å²) in [5.41, 5.74) is -3.26. The minimum absolute atomic E-state index is 0.0394. The fourth-order valence-electron chi connectivity index (χ4n) is 9.18. The van der Waals surface area contributed by atoms with Crippen LogP contribution in [0.5, 0.6) is 11.8 Å². The van der Waals surface area contributed by atoms with Crippen molar-refractivity contribution in [1.29, 1.82) is 10.5 Å². The summed E-state index contributed by atoms with van der Waals surface area (Å²) in [7, 11) is 2.80. The molecule has 16 nitrogen and oxygen atoms in total. The summed E-state index contributed by atoms with van der Waals surface area (Å²) in [6.07, 6.45) is -1.19. The maximum Gasteiger partial charge on any atom is 0.335 e. The van der Waals surface area contributed by atoms with Crippen LogP contribution in [0.4, 0.5) is 43.9 Å². The lowest BCUT2D eigenvalue weighted by molar-refractivity contribution is 0.0686. The third kappa shape index (κ3) is 13.2. The molecular formula is C62H42F10N8O8. The molecule has 0 aliphatic heterocycles. The Morgan fingerprint density at radius 2 is 0.886 bits per heavy atom. The Labute approximate surface area is 491 Å². The van der Waals surface area contributed by atoms with Crippen LogP contribution in [0.1, 0.15) is 65.7 Å². The smallest absolute Gasteiger partial charge is 0.335 e. The van der Waals surface area contributed by atoms with Crippen molar-refractivity contribution in [1.82, 2.24) is 29.1 Å². The van der Waals surface area contributed by atoms with Gasteiger partial charge in [-0.05, 0) is 72.8 Å². The minimum Gasteiger partial charge on any atom is -0.478 e. The fourth-order valence-corrected chi connectivity index (χ4v) is 9.18. The zero-order valence-electron chi connectivity index (χ0n) is 45.8. The monoisotopic (exact) mass is 1220 g/mol. The molecule has 4 heterocycles.